The van der Waals surface area contributed by atoms with Crippen molar-refractivity contribution in [3.05, 3.63) is 126 Å². The van der Waals surface area contributed by atoms with E-state index in [0.717, 1.165) is 17.1 Å². The van der Waals surface area contributed by atoms with Gasteiger partial charge in [0.25, 0.3) is 0 Å². The fourth-order valence-corrected chi connectivity index (χ4v) is 8.25. The molecule has 73 heavy (non-hydrogen) atoms. The average molecular weight is 1040 g/mol. The number of benzene rings is 2. The number of esters is 3. The van der Waals surface area contributed by atoms with Gasteiger partial charge in [0.2, 0.25) is 11.8 Å². The van der Waals surface area contributed by atoms with Gasteiger partial charge in [-0.05, 0) is 49.1 Å². The first kappa shape index (κ1) is 56.4. The van der Waals surface area contributed by atoms with Crippen LogP contribution in [0.5, 0.6) is 5.75 Å². The zero-order chi connectivity index (χ0) is 52.9. The first-order valence-electron chi connectivity index (χ1n) is 22.8. The second kappa shape index (κ2) is 27.9. The third-order valence-corrected chi connectivity index (χ3v) is 11.9. The maximum Gasteiger partial charge on any atom is 0.475 e. The van der Waals surface area contributed by atoms with Gasteiger partial charge in [-0.15, -0.1) is 6.58 Å². The van der Waals surface area contributed by atoms with Crippen LogP contribution in [0, 0.1) is 0 Å². The molecule has 7 atom stereocenters. The van der Waals surface area contributed by atoms with Gasteiger partial charge >= 0.3 is 43.6 Å². The Hall–Kier alpha value is -7.50. The molecule has 0 saturated carbocycles. The fourth-order valence-electron chi connectivity index (χ4n) is 7.08. The van der Waals surface area contributed by atoms with Gasteiger partial charge in [0.05, 0.1) is 26.2 Å². The molecule has 4 amide bonds. The highest BCUT2D eigenvalue weighted by Gasteiger charge is 2.43. The molecule has 2 saturated heterocycles. The minimum Gasteiger partial charge on any atom is -0.460 e. The van der Waals surface area contributed by atoms with Gasteiger partial charge < -0.3 is 39.1 Å². The molecule has 0 radical (unpaired) electrons. The molecule has 3 aromatic rings. The summed E-state index contributed by atoms with van der Waals surface area (Å²) in [6.07, 6.45) is 0.516. The third kappa shape index (κ3) is 17.6. The normalized spacial score (nSPS) is 18.6. The number of rotatable bonds is 26. The van der Waals surface area contributed by atoms with Crippen molar-refractivity contribution in [2.24, 2.45) is 0 Å². The van der Waals surface area contributed by atoms with E-state index in [1.54, 1.807) is 24.3 Å². The highest BCUT2D eigenvalue weighted by molar-refractivity contribution is 7.48. The van der Waals surface area contributed by atoms with Gasteiger partial charge in [-0.1, -0.05) is 73.9 Å². The second-order valence-electron chi connectivity index (χ2n) is 16.0. The molecule has 392 valence electrons. The summed E-state index contributed by atoms with van der Waals surface area (Å²) in [7, 11) is -4.77. The molecule has 3 N–H and O–H groups in total. The minimum atomic E-state index is -4.77. The van der Waals surface area contributed by atoms with E-state index in [4.69, 9.17) is 42.0 Å². The van der Waals surface area contributed by atoms with Crippen molar-refractivity contribution in [1.82, 2.24) is 25.1 Å². The van der Waals surface area contributed by atoms with Crippen LogP contribution in [0.3, 0.4) is 0 Å². The molecule has 2 aliphatic rings. The summed E-state index contributed by atoms with van der Waals surface area (Å²) in [5, 5.41) is 7.22. The summed E-state index contributed by atoms with van der Waals surface area (Å²) >= 11 is 0. The van der Waals surface area contributed by atoms with Crippen LogP contribution >= 0.6 is 7.82 Å². The van der Waals surface area contributed by atoms with Crippen molar-refractivity contribution >= 4 is 55.5 Å². The number of likely N-dealkylation sites (tertiary alicyclic amines) is 1. The third-order valence-electron chi connectivity index (χ3n) is 10.5. The highest BCUT2D eigenvalue weighted by atomic mass is 31.2. The Bertz CT molecular complexity index is 2560. The van der Waals surface area contributed by atoms with E-state index in [9.17, 15) is 42.9 Å². The number of phosphoric ester groups is 1. The van der Waals surface area contributed by atoms with Gasteiger partial charge in [-0.25, -0.2) is 23.7 Å². The van der Waals surface area contributed by atoms with Crippen molar-refractivity contribution in [3.8, 4) is 5.75 Å². The zero-order valence-electron chi connectivity index (χ0n) is 40.1. The number of nitrogens with one attached hydrogen (secondary N) is 3. The van der Waals surface area contributed by atoms with Crippen LogP contribution in [0.4, 0.5) is 15.4 Å². The maximum atomic E-state index is 14.2. The number of amides is 4. The zero-order valence-corrected chi connectivity index (χ0v) is 41.0. The van der Waals surface area contributed by atoms with Crippen molar-refractivity contribution in [2.45, 2.75) is 82.7 Å². The predicted octanol–water partition coefficient (Wildman–Crippen LogP) is 4.21. The molecular weight excluding hydrogens is 980 g/mol. The standard InChI is InChI=1S/C48H57N6O18P/c1-6-23-64-45(59)31(4)49-43(57)36(50-44(58)37-15-12-21-53(37)48(62)66-28-34-16-18-35(19-17-34)71-42(56)26-33-13-10-9-11-14-33)29-68-73(63,67-25-8-3)69-30-39-38(70-32(5)55)27-41(72-39)54-22-20-40(51-46(54)60)52-47(61)65-24-7-2/h6-11,13-14,16-20,22,31,36-39,41H,1-3,12,15,21,23-30H2,4-5H3,(H,49,57)(H,50,58)(H,51,52,60,61)/t31-,36?,37-,38-,39+,41+,73?/m0/s1. The molecule has 2 fully saturated rings. The molecule has 3 heterocycles. The highest BCUT2D eigenvalue weighted by Crippen LogP contribution is 2.50. The molecule has 2 aliphatic heterocycles. The van der Waals surface area contributed by atoms with Crippen molar-refractivity contribution < 1.29 is 80.1 Å². The number of ether oxygens (including phenoxy) is 6. The predicted molar refractivity (Wildman–Crippen MR) is 256 cm³/mol. The fraction of sp³-hybridized carbons (Fsp3) is 0.396. The number of anilines is 1. The molecule has 0 aliphatic carbocycles. The number of aromatic nitrogens is 2. The lowest BCUT2D eigenvalue weighted by molar-refractivity contribution is -0.150. The molecule has 24 nitrogen and oxygen atoms in total. The number of hydrogen-bond donors (Lipinski definition) is 3. The van der Waals surface area contributed by atoms with Crippen LogP contribution in [0.25, 0.3) is 0 Å². The SMILES string of the molecule is C=CCOC(=O)Nc1ccn([C@H]2C[C@H](OC(C)=O)[C@@H](COP(=O)(OCC=C)OCC(NC(=O)[C@@H]3CCCN3C(=O)OCc3ccc(OC(=O)Cc4ccccc4)cc3)C(=O)N[C@@H](C)C(=O)OCC=C)O2)c(=O)n1. The summed E-state index contributed by atoms with van der Waals surface area (Å²) in [4.78, 5) is 108. The van der Waals surface area contributed by atoms with Gasteiger partial charge in [0.1, 0.15) is 67.9 Å². The summed E-state index contributed by atoms with van der Waals surface area (Å²) in [5.41, 5.74) is 0.474. The second-order valence-corrected chi connectivity index (χ2v) is 17.7. The summed E-state index contributed by atoms with van der Waals surface area (Å²) in [6, 6.07) is 12.6. The molecule has 0 bridgehead atoms. The Kier molecular flexibility index (Phi) is 21.6. The number of hydrogen-bond acceptors (Lipinski definition) is 19. The van der Waals surface area contributed by atoms with Crippen LogP contribution in [-0.2, 0) is 78.8 Å². The van der Waals surface area contributed by atoms with Crippen LogP contribution in [-0.4, -0.2) is 126 Å². The van der Waals surface area contributed by atoms with E-state index in [1.165, 1.54) is 42.3 Å². The quantitative estimate of drug-likeness (QED) is 0.0334. The lowest BCUT2D eigenvalue weighted by Gasteiger charge is -2.27. The van der Waals surface area contributed by atoms with Gasteiger partial charge in [-0.2, -0.15) is 4.98 Å². The van der Waals surface area contributed by atoms with Crippen molar-refractivity contribution in [3.63, 3.8) is 0 Å². The van der Waals surface area contributed by atoms with Crippen LogP contribution < -0.4 is 26.4 Å². The topological polar surface area (TPSA) is 294 Å². The van der Waals surface area contributed by atoms with E-state index in [-0.39, 0.29) is 57.2 Å². The number of phosphoric acid groups is 1. The molecule has 1 aromatic heterocycles. The van der Waals surface area contributed by atoms with Crippen LogP contribution in [0.1, 0.15) is 50.5 Å². The molecule has 2 unspecified atom stereocenters. The maximum absolute atomic E-state index is 14.2. The number of carbonyl (C=O) groups is 7. The van der Waals surface area contributed by atoms with Gasteiger partial charge in [0, 0.05) is 26.1 Å². The van der Waals surface area contributed by atoms with Crippen LogP contribution in [0.2, 0.25) is 0 Å². The monoisotopic (exact) mass is 1040 g/mol. The van der Waals surface area contributed by atoms with Crippen molar-refractivity contribution in [1.29, 1.82) is 0 Å². The Balaban J connectivity index is 1.25. The molecule has 25 heteroatoms. The summed E-state index contributed by atoms with van der Waals surface area (Å²) in [6.45, 7) is 10.6. The van der Waals surface area contributed by atoms with Crippen molar-refractivity contribution in [2.75, 3.05) is 44.9 Å². The number of nitrogens with zero attached hydrogens (tertiary/aromatic N) is 3. The first-order chi connectivity index (χ1) is 35.0. The Labute approximate surface area is 419 Å². The molecular formula is C48H57N6O18P. The minimum absolute atomic E-state index is 0.0758. The summed E-state index contributed by atoms with van der Waals surface area (Å²) < 4.78 is 64.2. The van der Waals surface area contributed by atoms with Gasteiger partial charge in [0.15, 0.2) is 0 Å². The largest absolute Gasteiger partial charge is 0.475 e. The van der Waals surface area contributed by atoms with Gasteiger partial charge in [-0.3, -0.25) is 47.5 Å². The smallest absolute Gasteiger partial charge is 0.460 e. The van der Waals surface area contributed by atoms with E-state index in [0.29, 0.717) is 12.0 Å². The van der Waals surface area contributed by atoms with E-state index >= 15 is 0 Å². The average Bonchev–Trinajstić information content (AvgIpc) is 4.02. The summed E-state index contributed by atoms with van der Waals surface area (Å²) in [5.74, 6) is -3.71. The van der Waals surface area contributed by atoms with E-state index < -0.39 is 112 Å². The number of carbonyl (C=O) groups excluding carboxylic acids is 7. The van der Waals surface area contributed by atoms with Crippen LogP contribution in [0.15, 0.2) is 110 Å². The lowest BCUT2D eigenvalue weighted by Crippen LogP contribution is -2.56. The first-order valence-corrected chi connectivity index (χ1v) is 24.2. The molecule has 2 aromatic carbocycles. The van der Waals surface area contributed by atoms with E-state index in [2.05, 4.69) is 40.7 Å². The Morgan fingerprint density at radius 3 is 2.27 bits per heavy atom. The van der Waals surface area contributed by atoms with E-state index in [1.807, 2.05) is 30.3 Å². The molecule has 5 rings (SSSR count). The Morgan fingerprint density at radius 2 is 1.59 bits per heavy atom. The Morgan fingerprint density at radius 1 is 0.877 bits per heavy atom. The molecule has 0 spiro atoms. The lowest BCUT2D eigenvalue weighted by atomic mass is 10.1.